The molecule has 0 aliphatic carbocycles. The largest absolute Gasteiger partial charge is 0.426 e. The fourth-order valence-electron chi connectivity index (χ4n) is 3.11. The summed E-state index contributed by atoms with van der Waals surface area (Å²) < 4.78 is 0.995. The molecule has 1 amide bonds. The number of rotatable bonds is 5. The second kappa shape index (κ2) is 8.45. The minimum absolute atomic E-state index is 0.00252. The number of hydrogen-bond donors (Lipinski definition) is 2. The van der Waals surface area contributed by atoms with Crippen molar-refractivity contribution in [2.75, 3.05) is 5.32 Å². The van der Waals surface area contributed by atoms with Gasteiger partial charge in [0.2, 0.25) is 5.91 Å². The maximum absolute atomic E-state index is 12.2. The molecule has 154 valence electrons. The zero-order valence-corrected chi connectivity index (χ0v) is 17.3. The van der Waals surface area contributed by atoms with Crippen LogP contribution in [0, 0.1) is 0 Å². The maximum atomic E-state index is 12.2. The van der Waals surface area contributed by atoms with Crippen molar-refractivity contribution in [2.45, 2.75) is 6.92 Å². The molecule has 1 heterocycles. The number of ketones is 1. The van der Waals surface area contributed by atoms with E-state index in [4.69, 9.17) is 11.6 Å². The third-order valence-electron chi connectivity index (χ3n) is 4.75. The molecular formula is C24H18ClN3O3. The minimum Gasteiger partial charge on any atom is -0.426 e. The topological polar surface area (TPSA) is 84.2 Å². The molecule has 31 heavy (non-hydrogen) atoms. The van der Waals surface area contributed by atoms with E-state index in [0.29, 0.717) is 38.7 Å². The summed E-state index contributed by atoms with van der Waals surface area (Å²) in [5.74, 6) is 0.0914. The summed E-state index contributed by atoms with van der Waals surface area (Å²) in [6.45, 7) is 1.51. The highest BCUT2D eigenvalue weighted by molar-refractivity contribution is 6.31. The summed E-state index contributed by atoms with van der Waals surface area (Å²) in [7, 11) is 0. The number of anilines is 1. The summed E-state index contributed by atoms with van der Waals surface area (Å²) in [4.78, 5) is 27.9. The van der Waals surface area contributed by atoms with Gasteiger partial charge in [-0.25, -0.2) is 4.98 Å². The van der Waals surface area contributed by atoms with Crippen molar-refractivity contribution in [3.8, 4) is 11.4 Å². The first kappa shape index (κ1) is 20.4. The Morgan fingerprint density at radius 1 is 1.03 bits per heavy atom. The third kappa shape index (κ3) is 4.49. The molecule has 4 aromatic rings. The Hall–Kier alpha value is -3.90. The number of carbonyl (C=O) groups excluding carboxylic acids is 2. The third-order valence-corrected chi connectivity index (χ3v) is 4.98. The first-order chi connectivity index (χ1) is 14.9. The number of hydrogen-bond acceptors (Lipinski definition) is 4. The Bertz CT molecular complexity index is 1310. The molecule has 0 fully saturated rings. The highest BCUT2D eigenvalue weighted by Gasteiger charge is 2.12. The summed E-state index contributed by atoms with van der Waals surface area (Å²) in [5.41, 5.74) is 3.88. The van der Waals surface area contributed by atoms with Gasteiger partial charge in [0.15, 0.2) is 11.6 Å². The number of fused-ring (bicyclic) bond motifs is 1. The van der Waals surface area contributed by atoms with Gasteiger partial charge in [0.25, 0.3) is 0 Å². The lowest BCUT2D eigenvalue weighted by Gasteiger charge is -2.05. The molecule has 0 unspecified atom stereocenters. The van der Waals surface area contributed by atoms with Crippen LogP contribution in [0.3, 0.4) is 0 Å². The molecule has 4 rings (SSSR count). The molecule has 0 atom stereocenters. The van der Waals surface area contributed by atoms with Crippen molar-refractivity contribution < 1.29 is 14.8 Å². The summed E-state index contributed by atoms with van der Waals surface area (Å²) in [5, 5.41) is 13.7. The molecule has 0 aliphatic rings. The van der Waals surface area contributed by atoms with E-state index in [1.54, 1.807) is 72.8 Å². The van der Waals surface area contributed by atoms with E-state index in [9.17, 15) is 14.8 Å². The zero-order valence-electron chi connectivity index (χ0n) is 16.5. The second-order valence-electron chi connectivity index (χ2n) is 6.96. The average molecular weight is 432 g/mol. The summed E-state index contributed by atoms with van der Waals surface area (Å²) in [6.07, 6.45) is 3.10. The van der Waals surface area contributed by atoms with E-state index in [2.05, 4.69) is 10.3 Å². The Labute approximate surface area is 183 Å². The van der Waals surface area contributed by atoms with Crippen LogP contribution in [-0.4, -0.2) is 26.6 Å². The Morgan fingerprint density at radius 3 is 2.42 bits per heavy atom. The molecule has 6 nitrogen and oxygen atoms in total. The normalized spacial score (nSPS) is 11.2. The van der Waals surface area contributed by atoms with Crippen LogP contribution in [0.4, 0.5) is 5.69 Å². The fourth-order valence-corrected chi connectivity index (χ4v) is 3.28. The molecule has 2 N–H and O–H groups in total. The van der Waals surface area contributed by atoms with E-state index >= 15 is 0 Å². The zero-order chi connectivity index (χ0) is 22.0. The number of aromatic nitrogens is 2. The van der Waals surface area contributed by atoms with Crippen molar-refractivity contribution in [2.24, 2.45) is 0 Å². The fraction of sp³-hybridized carbons (Fsp3) is 0.0417. The van der Waals surface area contributed by atoms with Crippen molar-refractivity contribution in [3.63, 3.8) is 0 Å². The molecule has 0 spiro atoms. The van der Waals surface area contributed by atoms with E-state index in [0.717, 1.165) is 10.3 Å². The molecule has 1 aromatic heterocycles. The first-order valence-electron chi connectivity index (χ1n) is 9.48. The quantitative estimate of drug-likeness (QED) is 0.250. The van der Waals surface area contributed by atoms with Gasteiger partial charge in [-0.15, -0.1) is 0 Å². The predicted molar refractivity (Wildman–Crippen MR) is 121 cm³/mol. The highest BCUT2D eigenvalue weighted by atomic mass is 35.5. The number of nitrogens with zero attached hydrogens (tertiary/aromatic N) is 2. The van der Waals surface area contributed by atoms with Crippen molar-refractivity contribution >= 4 is 46.1 Å². The van der Waals surface area contributed by atoms with Gasteiger partial charge in [-0.3, -0.25) is 9.59 Å². The Kier molecular flexibility index (Phi) is 5.56. The second-order valence-corrected chi connectivity index (χ2v) is 7.39. The first-order valence-corrected chi connectivity index (χ1v) is 9.86. The standard InChI is InChI=1S/C24H18ClN3O3/c1-15(29)17-5-2-16(3-6-17)4-13-23(30)26-20-10-7-18(8-11-20)24-27-21-12-9-19(25)14-22(21)28(24)31/h2-14,31H,1H3,(H,26,30). The van der Waals surface area contributed by atoms with Crippen LogP contribution < -0.4 is 5.32 Å². The van der Waals surface area contributed by atoms with Gasteiger partial charge in [-0.05, 0) is 61.0 Å². The van der Waals surface area contributed by atoms with Crippen LogP contribution in [0.2, 0.25) is 5.02 Å². The smallest absolute Gasteiger partial charge is 0.248 e. The lowest BCUT2D eigenvalue weighted by Crippen LogP contribution is -2.07. The number of Topliss-reactive ketones (excluding diaryl/α,β-unsaturated/α-hetero) is 1. The molecule has 7 heteroatoms. The van der Waals surface area contributed by atoms with E-state index in [-0.39, 0.29) is 11.7 Å². The maximum Gasteiger partial charge on any atom is 0.248 e. The van der Waals surface area contributed by atoms with Crippen molar-refractivity contribution in [1.29, 1.82) is 0 Å². The lowest BCUT2D eigenvalue weighted by molar-refractivity contribution is -0.111. The number of benzene rings is 3. The monoisotopic (exact) mass is 431 g/mol. The van der Waals surface area contributed by atoms with Gasteiger partial charge in [0.05, 0.1) is 5.52 Å². The van der Waals surface area contributed by atoms with Gasteiger partial charge in [0, 0.05) is 27.9 Å². The Balaban J connectivity index is 1.45. The van der Waals surface area contributed by atoms with Crippen LogP contribution >= 0.6 is 11.6 Å². The van der Waals surface area contributed by atoms with Crippen LogP contribution in [0.5, 0.6) is 0 Å². The van der Waals surface area contributed by atoms with Gasteiger partial charge in [0.1, 0.15) is 5.52 Å². The minimum atomic E-state index is -0.285. The molecule has 0 bridgehead atoms. The van der Waals surface area contributed by atoms with Gasteiger partial charge in [-0.2, -0.15) is 4.73 Å². The molecule has 0 radical (unpaired) electrons. The van der Waals surface area contributed by atoms with Gasteiger partial charge < -0.3 is 10.5 Å². The molecule has 3 aromatic carbocycles. The van der Waals surface area contributed by atoms with Crippen LogP contribution in [0.15, 0.2) is 72.8 Å². The van der Waals surface area contributed by atoms with E-state index < -0.39 is 0 Å². The molecule has 0 saturated carbocycles. The number of imidazole rings is 1. The van der Waals surface area contributed by atoms with Crippen LogP contribution in [-0.2, 0) is 4.79 Å². The van der Waals surface area contributed by atoms with Crippen molar-refractivity contribution in [3.05, 3.63) is 89.0 Å². The highest BCUT2D eigenvalue weighted by Crippen LogP contribution is 2.26. The van der Waals surface area contributed by atoms with Crippen LogP contribution in [0.1, 0.15) is 22.8 Å². The molecular weight excluding hydrogens is 414 g/mol. The SMILES string of the molecule is CC(=O)c1ccc(C=CC(=O)Nc2ccc(-c3nc4ccc(Cl)cc4n3O)cc2)cc1. The number of amides is 1. The summed E-state index contributed by atoms with van der Waals surface area (Å²) in [6, 6.07) is 19.1. The average Bonchev–Trinajstić information content (AvgIpc) is 3.09. The number of halogens is 1. The summed E-state index contributed by atoms with van der Waals surface area (Å²) >= 11 is 5.99. The Morgan fingerprint density at radius 2 is 1.74 bits per heavy atom. The van der Waals surface area contributed by atoms with Gasteiger partial charge >= 0.3 is 0 Å². The van der Waals surface area contributed by atoms with Crippen molar-refractivity contribution in [1.82, 2.24) is 9.71 Å². The number of carbonyl (C=O) groups is 2. The predicted octanol–water partition coefficient (Wildman–Crippen LogP) is 5.45. The number of nitrogens with one attached hydrogen (secondary N) is 1. The molecule has 0 saturated heterocycles. The van der Waals surface area contributed by atoms with Crippen LogP contribution in [0.25, 0.3) is 28.5 Å². The van der Waals surface area contributed by atoms with E-state index in [1.165, 1.54) is 13.0 Å². The lowest BCUT2D eigenvalue weighted by atomic mass is 10.1. The molecule has 0 aliphatic heterocycles. The van der Waals surface area contributed by atoms with E-state index in [1.807, 2.05) is 0 Å². The van der Waals surface area contributed by atoms with Gasteiger partial charge in [-0.1, -0.05) is 35.9 Å².